The van der Waals surface area contributed by atoms with Crippen molar-refractivity contribution in [3.63, 3.8) is 0 Å². The van der Waals surface area contributed by atoms with Gasteiger partial charge < -0.3 is 11.1 Å². The SMILES string of the molecule is Cc1csc(CNC(=O)c2sc3nccnc3c2N)n1. The predicted molar refractivity (Wildman–Crippen MR) is 79.8 cm³/mol. The topological polar surface area (TPSA) is 93.8 Å². The van der Waals surface area contributed by atoms with E-state index in [-0.39, 0.29) is 5.91 Å². The van der Waals surface area contributed by atoms with Gasteiger partial charge in [-0.2, -0.15) is 0 Å². The summed E-state index contributed by atoms with van der Waals surface area (Å²) in [6, 6.07) is 0. The van der Waals surface area contributed by atoms with Crippen LogP contribution in [-0.2, 0) is 6.54 Å². The van der Waals surface area contributed by atoms with Crippen molar-refractivity contribution in [3.05, 3.63) is 33.4 Å². The van der Waals surface area contributed by atoms with Gasteiger partial charge in [-0.15, -0.1) is 22.7 Å². The van der Waals surface area contributed by atoms with Crippen LogP contribution in [0.1, 0.15) is 20.4 Å². The second kappa shape index (κ2) is 5.14. The van der Waals surface area contributed by atoms with Crippen molar-refractivity contribution in [1.82, 2.24) is 20.3 Å². The molecule has 0 saturated heterocycles. The molecule has 0 aliphatic rings. The Morgan fingerprint density at radius 2 is 2.20 bits per heavy atom. The molecule has 3 N–H and O–H groups in total. The molecule has 0 fully saturated rings. The Balaban J connectivity index is 1.80. The summed E-state index contributed by atoms with van der Waals surface area (Å²) in [5, 5.41) is 5.63. The van der Waals surface area contributed by atoms with Gasteiger partial charge in [0.2, 0.25) is 0 Å². The molecule has 0 aromatic carbocycles. The number of aryl methyl sites for hydroxylation is 1. The Labute approximate surface area is 122 Å². The predicted octanol–water partition coefficient (Wildman–Crippen LogP) is 1.97. The van der Waals surface area contributed by atoms with Gasteiger partial charge in [0.05, 0.1) is 12.2 Å². The number of hydrogen-bond donors (Lipinski definition) is 2. The zero-order valence-corrected chi connectivity index (χ0v) is 12.2. The smallest absolute Gasteiger partial charge is 0.263 e. The summed E-state index contributed by atoms with van der Waals surface area (Å²) in [6.45, 7) is 2.31. The minimum absolute atomic E-state index is 0.222. The molecule has 0 radical (unpaired) electrons. The van der Waals surface area contributed by atoms with Crippen LogP contribution in [-0.4, -0.2) is 20.9 Å². The van der Waals surface area contributed by atoms with Crippen molar-refractivity contribution in [1.29, 1.82) is 0 Å². The van der Waals surface area contributed by atoms with Crippen molar-refractivity contribution in [3.8, 4) is 0 Å². The minimum Gasteiger partial charge on any atom is -0.396 e. The number of rotatable bonds is 3. The summed E-state index contributed by atoms with van der Waals surface area (Å²) < 4.78 is 0. The van der Waals surface area contributed by atoms with Gasteiger partial charge in [0, 0.05) is 23.5 Å². The highest BCUT2D eigenvalue weighted by molar-refractivity contribution is 7.21. The maximum absolute atomic E-state index is 12.2. The van der Waals surface area contributed by atoms with Gasteiger partial charge in [-0.1, -0.05) is 0 Å². The van der Waals surface area contributed by atoms with Crippen molar-refractivity contribution >= 4 is 44.6 Å². The number of fused-ring (bicyclic) bond motifs is 1. The number of nitrogens with one attached hydrogen (secondary N) is 1. The number of nitrogens with zero attached hydrogens (tertiary/aromatic N) is 3. The molecule has 0 saturated carbocycles. The second-order valence-corrected chi connectivity index (χ2v) is 6.06. The zero-order valence-electron chi connectivity index (χ0n) is 10.6. The fraction of sp³-hybridized carbons (Fsp3) is 0.167. The van der Waals surface area contributed by atoms with E-state index in [1.165, 1.54) is 22.7 Å². The number of carbonyl (C=O) groups is 1. The van der Waals surface area contributed by atoms with Crippen LogP contribution < -0.4 is 11.1 Å². The fourth-order valence-corrected chi connectivity index (χ4v) is 3.38. The average molecular weight is 305 g/mol. The molecule has 6 nitrogen and oxygen atoms in total. The van der Waals surface area contributed by atoms with Crippen LogP contribution in [0.5, 0.6) is 0 Å². The third-order valence-corrected chi connectivity index (χ3v) is 4.70. The Hall–Kier alpha value is -2.06. The number of hydrogen-bond acceptors (Lipinski definition) is 7. The number of amides is 1. The molecule has 0 aliphatic carbocycles. The average Bonchev–Trinajstić information content (AvgIpc) is 3.01. The van der Waals surface area contributed by atoms with Crippen LogP contribution >= 0.6 is 22.7 Å². The summed E-state index contributed by atoms with van der Waals surface area (Å²) >= 11 is 2.76. The highest BCUT2D eigenvalue weighted by Gasteiger charge is 2.17. The molecule has 3 heterocycles. The first-order chi connectivity index (χ1) is 9.65. The van der Waals surface area contributed by atoms with Crippen molar-refractivity contribution in [2.24, 2.45) is 0 Å². The molecule has 0 atom stereocenters. The number of anilines is 1. The van der Waals surface area contributed by atoms with Crippen molar-refractivity contribution in [2.45, 2.75) is 13.5 Å². The maximum atomic E-state index is 12.2. The van der Waals surface area contributed by atoms with Crippen LogP contribution in [0.4, 0.5) is 5.69 Å². The van der Waals surface area contributed by atoms with Gasteiger partial charge in [-0.3, -0.25) is 4.79 Å². The number of thiophene rings is 1. The van der Waals surface area contributed by atoms with Gasteiger partial charge in [-0.05, 0) is 6.92 Å². The molecule has 0 bridgehead atoms. The summed E-state index contributed by atoms with van der Waals surface area (Å²) in [5.74, 6) is -0.222. The highest BCUT2D eigenvalue weighted by atomic mass is 32.1. The van der Waals surface area contributed by atoms with Gasteiger partial charge in [0.25, 0.3) is 5.91 Å². The van der Waals surface area contributed by atoms with Gasteiger partial charge in [0.1, 0.15) is 20.2 Å². The van der Waals surface area contributed by atoms with E-state index in [0.29, 0.717) is 27.5 Å². The molecular formula is C12H11N5OS2. The Morgan fingerprint density at radius 1 is 1.40 bits per heavy atom. The van der Waals surface area contributed by atoms with E-state index >= 15 is 0 Å². The molecule has 0 unspecified atom stereocenters. The van der Waals surface area contributed by atoms with Crippen LogP contribution in [0.3, 0.4) is 0 Å². The lowest BCUT2D eigenvalue weighted by Gasteiger charge is -2.01. The van der Waals surface area contributed by atoms with E-state index in [1.807, 2.05) is 12.3 Å². The summed E-state index contributed by atoms with van der Waals surface area (Å²) in [7, 11) is 0. The first-order valence-corrected chi connectivity index (χ1v) is 7.53. The van der Waals surface area contributed by atoms with Gasteiger partial charge in [0.15, 0.2) is 0 Å². The van der Waals surface area contributed by atoms with E-state index in [2.05, 4.69) is 20.3 Å². The normalized spacial score (nSPS) is 10.8. The summed E-state index contributed by atoms with van der Waals surface area (Å²) in [6.07, 6.45) is 3.14. The van der Waals surface area contributed by atoms with Gasteiger partial charge >= 0.3 is 0 Å². The van der Waals surface area contributed by atoms with Crippen LogP contribution in [0.25, 0.3) is 10.3 Å². The zero-order chi connectivity index (χ0) is 14.1. The van der Waals surface area contributed by atoms with Gasteiger partial charge in [-0.25, -0.2) is 15.0 Å². The lowest BCUT2D eigenvalue weighted by atomic mass is 10.3. The van der Waals surface area contributed by atoms with Crippen LogP contribution in [0.15, 0.2) is 17.8 Å². The van der Waals surface area contributed by atoms with Crippen LogP contribution in [0.2, 0.25) is 0 Å². The molecule has 20 heavy (non-hydrogen) atoms. The van der Waals surface area contributed by atoms with E-state index in [0.717, 1.165) is 10.7 Å². The number of aromatic nitrogens is 3. The number of carbonyl (C=O) groups excluding carboxylic acids is 1. The quantitative estimate of drug-likeness (QED) is 0.771. The third kappa shape index (κ3) is 2.35. The van der Waals surface area contributed by atoms with Crippen molar-refractivity contribution < 1.29 is 4.79 Å². The molecule has 3 aromatic heterocycles. The standard InChI is InChI=1S/C12H11N5OS2/c1-6-5-19-7(17-6)4-16-11(18)10-8(13)9-12(20-10)15-3-2-14-9/h2-3,5H,4,13H2,1H3,(H,16,18). The molecule has 102 valence electrons. The molecule has 0 spiro atoms. The lowest BCUT2D eigenvalue weighted by Crippen LogP contribution is -2.22. The van der Waals surface area contributed by atoms with E-state index in [4.69, 9.17) is 5.73 Å². The second-order valence-electron chi connectivity index (χ2n) is 4.12. The number of nitrogens with two attached hydrogens (primary N) is 1. The molecule has 3 aromatic rings. The summed E-state index contributed by atoms with van der Waals surface area (Å²) in [5.41, 5.74) is 7.86. The van der Waals surface area contributed by atoms with E-state index < -0.39 is 0 Å². The van der Waals surface area contributed by atoms with E-state index in [1.54, 1.807) is 12.4 Å². The fourth-order valence-electron chi connectivity index (χ4n) is 1.73. The lowest BCUT2D eigenvalue weighted by molar-refractivity contribution is 0.0956. The Morgan fingerprint density at radius 3 is 2.90 bits per heavy atom. The van der Waals surface area contributed by atoms with Crippen LogP contribution in [0, 0.1) is 6.92 Å². The molecular weight excluding hydrogens is 294 g/mol. The van der Waals surface area contributed by atoms with Crippen molar-refractivity contribution in [2.75, 3.05) is 5.73 Å². The third-order valence-electron chi connectivity index (χ3n) is 2.64. The first-order valence-electron chi connectivity index (χ1n) is 5.83. The largest absolute Gasteiger partial charge is 0.396 e. The molecule has 0 aliphatic heterocycles. The molecule has 8 heteroatoms. The monoisotopic (exact) mass is 305 g/mol. The van der Waals surface area contributed by atoms with E-state index in [9.17, 15) is 4.79 Å². The maximum Gasteiger partial charge on any atom is 0.263 e. The highest BCUT2D eigenvalue weighted by Crippen LogP contribution is 2.30. The molecule has 1 amide bonds. The number of nitrogen functional groups attached to an aromatic ring is 1. The first kappa shape index (κ1) is 12.9. The summed E-state index contributed by atoms with van der Waals surface area (Å²) in [4.78, 5) is 25.8. The minimum atomic E-state index is -0.222. The molecule has 3 rings (SSSR count). The number of thiazole rings is 1. The Kier molecular flexibility index (Phi) is 3.33. The Bertz CT molecular complexity index is 779.